The number of para-hydroxylation sites is 1. The number of halogens is 3. The maximum absolute atomic E-state index is 12.9. The summed E-state index contributed by atoms with van der Waals surface area (Å²) in [5.41, 5.74) is -0.631. The topological polar surface area (TPSA) is 89.5 Å². The zero-order chi connectivity index (χ0) is 21.7. The summed E-state index contributed by atoms with van der Waals surface area (Å²) in [6.07, 6.45) is -5.16. The number of rotatable bonds is 7. The number of alkyl halides is 3. The van der Waals surface area contributed by atoms with Crippen LogP contribution < -0.4 is 5.32 Å². The summed E-state index contributed by atoms with van der Waals surface area (Å²) in [7, 11) is -3.71. The van der Waals surface area contributed by atoms with E-state index in [2.05, 4.69) is 4.74 Å². The van der Waals surface area contributed by atoms with Crippen molar-refractivity contribution in [1.29, 1.82) is 0 Å². The molecule has 0 spiro atoms. The third-order valence-corrected chi connectivity index (χ3v) is 5.56. The second-order valence-electron chi connectivity index (χ2n) is 6.13. The molecule has 2 rings (SSSR count). The first-order chi connectivity index (χ1) is 13.5. The van der Waals surface area contributed by atoms with Gasteiger partial charge in [-0.3, -0.25) is 9.59 Å². The van der Waals surface area contributed by atoms with Crippen molar-refractivity contribution >= 4 is 27.4 Å². The van der Waals surface area contributed by atoms with Gasteiger partial charge < -0.3 is 10.1 Å². The second-order valence-corrected chi connectivity index (χ2v) is 8.24. The van der Waals surface area contributed by atoms with Gasteiger partial charge in [-0.15, -0.1) is 0 Å². The van der Waals surface area contributed by atoms with Crippen LogP contribution >= 0.6 is 0 Å². The predicted molar refractivity (Wildman–Crippen MR) is 98.9 cm³/mol. The first-order valence-electron chi connectivity index (χ1n) is 8.40. The minimum atomic E-state index is -4.66. The Labute approximate surface area is 165 Å². The Hall–Kier alpha value is -2.88. The fourth-order valence-electron chi connectivity index (χ4n) is 2.32. The molecule has 0 saturated carbocycles. The average molecular weight is 429 g/mol. The van der Waals surface area contributed by atoms with Crippen LogP contribution in [0.25, 0.3) is 0 Å². The molecule has 0 aliphatic carbocycles. The zero-order valence-electron chi connectivity index (χ0n) is 15.3. The molecule has 6 nitrogen and oxygen atoms in total. The number of nitrogens with one attached hydrogen (secondary N) is 1. The van der Waals surface area contributed by atoms with Crippen LogP contribution in [-0.4, -0.2) is 32.7 Å². The molecule has 0 radical (unpaired) electrons. The molecule has 2 aromatic rings. The first kappa shape index (κ1) is 22.4. The summed E-state index contributed by atoms with van der Waals surface area (Å²) >= 11 is 0. The molecule has 1 amide bonds. The Morgan fingerprint density at radius 1 is 1.03 bits per heavy atom. The number of anilines is 1. The van der Waals surface area contributed by atoms with E-state index in [-0.39, 0.29) is 4.90 Å². The number of sulfone groups is 1. The third kappa shape index (κ3) is 6.60. The van der Waals surface area contributed by atoms with E-state index in [1.807, 2.05) is 5.32 Å². The van der Waals surface area contributed by atoms with E-state index in [9.17, 15) is 31.2 Å². The Bertz CT molecular complexity index is 986. The fourth-order valence-corrected chi connectivity index (χ4v) is 3.55. The minimum Gasteiger partial charge on any atom is -0.456 e. The van der Waals surface area contributed by atoms with Crippen LogP contribution in [0.1, 0.15) is 17.5 Å². The van der Waals surface area contributed by atoms with Crippen LogP contribution in [0.15, 0.2) is 53.4 Å². The van der Waals surface area contributed by atoms with Crippen molar-refractivity contribution in [3.63, 3.8) is 0 Å². The van der Waals surface area contributed by atoms with Gasteiger partial charge in [0.2, 0.25) is 0 Å². The lowest BCUT2D eigenvalue weighted by Crippen LogP contribution is -2.23. The van der Waals surface area contributed by atoms with Crippen molar-refractivity contribution in [2.45, 2.75) is 24.4 Å². The Kier molecular flexibility index (Phi) is 7.02. The molecule has 0 saturated heterocycles. The average Bonchev–Trinajstić information content (AvgIpc) is 2.65. The highest BCUT2D eigenvalue weighted by Gasteiger charge is 2.33. The van der Waals surface area contributed by atoms with Gasteiger partial charge in [0.15, 0.2) is 16.4 Å². The van der Waals surface area contributed by atoms with Crippen LogP contribution in [0.5, 0.6) is 0 Å². The number of benzene rings is 2. The van der Waals surface area contributed by atoms with Gasteiger partial charge in [-0.2, -0.15) is 13.2 Å². The van der Waals surface area contributed by atoms with Crippen LogP contribution in [-0.2, 0) is 30.3 Å². The number of hydrogen-bond acceptors (Lipinski definition) is 5. The van der Waals surface area contributed by atoms with Crippen LogP contribution in [0.3, 0.4) is 0 Å². The molecule has 0 fully saturated rings. The van der Waals surface area contributed by atoms with Gasteiger partial charge >= 0.3 is 12.1 Å². The summed E-state index contributed by atoms with van der Waals surface area (Å²) in [6.45, 7) is 0.960. The summed E-state index contributed by atoms with van der Waals surface area (Å²) in [6, 6.07) is 10.4. The summed E-state index contributed by atoms with van der Waals surface area (Å²) in [4.78, 5) is 23.5. The van der Waals surface area contributed by atoms with Gasteiger partial charge in [0, 0.05) is 0 Å². The fraction of sp³-hybridized carbons (Fsp3) is 0.263. The van der Waals surface area contributed by atoms with Gasteiger partial charge in [-0.25, -0.2) is 8.42 Å². The van der Waals surface area contributed by atoms with Crippen molar-refractivity contribution in [2.75, 3.05) is 17.7 Å². The van der Waals surface area contributed by atoms with Crippen molar-refractivity contribution in [2.24, 2.45) is 0 Å². The lowest BCUT2D eigenvalue weighted by atomic mass is 10.1. The van der Waals surface area contributed by atoms with Crippen LogP contribution in [0.4, 0.5) is 18.9 Å². The molecular weight excluding hydrogens is 411 g/mol. The van der Waals surface area contributed by atoms with E-state index in [4.69, 9.17) is 0 Å². The maximum Gasteiger partial charge on any atom is 0.418 e. The first-order valence-corrected chi connectivity index (χ1v) is 10.1. The van der Waals surface area contributed by atoms with E-state index in [1.54, 1.807) is 19.1 Å². The lowest BCUT2D eigenvalue weighted by molar-refractivity contribution is -0.147. The third-order valence-electron chi connectivity index (χ3n) is 3.83. The van der Waals surface area contributed by atoms with Crippen molar-refractivity contribution in [3.05, 3.63) is 59.7 Å². The Morgan fingerprint density at radius 2 is 1.66 bits per heavy atom. The monoisotopic (exact) mass is 429 g/mol. The van der Waals surface area contributed by atoms with Gasteiger partial charge in [-0.1, -0.05) is 29.8 Å². The second kappa shape index (κ2) is 9.08. The molecule has 1 N–H and O–H groups in total. The van der Waals surface area contributed by atoms with E-state index in [0.717, 1.165) is 17.7 Å². The maximum atomic E-state index is 12.9. The molecule has 156 valence electrons. The highest BCUT2D eigenvalue weighted by atomic mass is 32.2. The van der Waals surface area contributed by atoms with Crippen LogP contribution in [0.2, 0.25) is 0 Å². The van der Waals surface area contributed by atoms with Crippen molar-refractivity contribution < 1.29 is 35.9 Å². The number of carbonyl (C=O) groups excluding carboxylic acids is 2. The number of carbonyl (C=O) groups is 2. The highest BCUT2D eigenvalue weighted by molar-refractivity contribution is 7.91. The highest BCUT2D eigenvalue weighted by Crippen LogP contribution is 2.34. The molecule has 0 aliphatic rings. The molecule has 0 aliphatic heterocycles. The standard InChI is InChI=1S/C19H18F3NO5S/c1-13-6-8-14(9-7-13)29(26,27)11-10-18(25)28-12-17(24)23-16-5-3-2-4-15(16)19(20,21)22/h2-9H,10-12H2,1H3,(H,23,24). The molecule has 10 heteroatoms. The van der Waals surface area contributed by atoms with Crippen molar-refractivity contribution in [3.8, 4) is 0 Å². The molecule has 0 unspecified atom stereocenters. The summed E-state index contributed by atoms with van der Waals surface area (Å²) in [5.74, 6) is -2.45. The predicted octanol–water partition coefficient (Wildman–Crippen LogP) is 3.36. The quantitative estimate of drug-likeness (QED) is 0.682. The normalized spacial score (nSPS) is 11.7. The van der Waals surface area contributed by atoms with Crippen molar-refractivity contribution in [1.82, 2.24) is 0 Å². The van der Waals surface area contributed by atoms with E-state index in [1.165, 1.54) is 24.3 Å². The summed E-state index contributed by atoms with van der Waals surface area (Å²) < 4.78 is 67.7. The minimum absolute atomic E-state index is 0.0531. The SMILES string of the molecule is Cc1ccc(S(=O)(=O)CCC(=O)OCC(=O)Nc2ccccc2C(F)(F)F)cc1. The Balaban J connectivity index is 1.87. The van der Waals surface area contributed by atoms with Gasteiger partial charge in [0.25, 0.3) is 5.91 Å². The molecule has 0 bridgehead atoms. The molecule has 0 aromatic heterocycles. The lowest BCUT2D eigenvalue weighted by Gasteiger charge is -2.13. The number of amides is 1. The molecule has 0 heterocycles. The van der Waals surface area contributed by atoms with Gasteiger partial charge in [0.1, 0.15) is 0 Å². The number of esters is 1. The smallest absolute Gasteiger partial charge is 0.418 e. The van der Waals surface area contributed by atoms with Gasteiger partial charge in [-0.05, 0) is 31.2 Å². The Morgan fingerprint density at radius 3 is 2.28 bits per heavy atom. The number of aryl methyl sites for hydroxylation is 1. The largest absolute Gasteiger partial charge is 0.456 e. The van der Waals surface area contributed by atoms with E-state index >= 15 is 0 Å². The zero-order valence-corrected chi connectivity index (χ0v) is 16.1. The summed E-state index contributed by atoms with van der Waals surface area (Å²) in [5, 5.41) is 2.02. The van der Waals surface area contributed by atoms with Crippen LogP contribution in [0, 0.1) is 6.92 Å². The molecular formula is C19H18F3NO5S. The molecule has 2 aromatic carbocycles. The number of ether oxygens (including phenoxy) is 1. The van der Waals surface area contributed by atoms with E-state index < -0.39 is 57.9 Å². The molecule has 29 heavy (non-hydrogen) atoms. The number of hydrogen-bond donors (Lipinski definition) is 1. The van der Waals surface area contributed by atoms with E-state index in [0.29, 0.717) is 0 Å². The van der Waals surface area contributed by atoms with Gasteiger partial charge in [0.05, 0.1) is 28.3 Å². The molecule has 0 atom stereocenters.